The lowest BCUT2D eigenvalue weighted by molar-refractivity contribution is -0.132. The number of carbonyl (C=O) groups excluding carboxylic acids is 2. The summed E-state index contributed by atoms with van der Waals surface area (Å²) < 4.78 is 5.41. The third-order valence-electron chi connectivity index (χ3n) is 2.55. The van der Waals surface area contributed by atoms with Crippen LogP contribution in [0.3, 0.4) is 0 Å². The van der Waals surface area contributed by atoms with E-state index >= 15 is 0 Å². The van der Waals surface area contributed by atoms with E-state index in [1.807, 2.05) is 20.8 Å². The predicted molar refractivity (Wildman–Crippen MR) is 59.9 cm³/mol. The van der Waals surface area contributed by atoms with Crippen molar-refractivity contribution in [1.29, 1.82) is 0 Å². The molecule has 0 saturated carbocycles. The Kier molecular flexibility index (Phi) is 4.73. The number of rotatable bonds is 4. The number of hydrogen-bond donors (Lipinski definition) is 1. The molecule has 0 aromatic heterocycles. The molecule has 1 aliphatic rings. The smallest absolute Gasteiger partial charge is 0.242 e. The van der Waals surface area contributed by atoms with Gasteiger partial charge in [0.25, 0.3) is 0 Å². The highest BCUT2D eigenvalue weighted by atomic mass is 16.5. The summed E-state index contributed by atoms with van der Waals surface area (Å²) >= 11 is 0. The van der Waals surface area contributed by atoms with Crippen LogP contribution in [0.4, 0.5) is 0 Å². The second kappa shape index (κ2) is 5.84. The monoisotopic (exact) mass is 228 g/mol. The Labute approximate surface area is 96.1 Å². The van der Waals surface area contributed by atoms with Gasteiger partial charge in [-0.3, -0.25) is 9.59 Å². The lowest BCUT2D eigenvalue weighted by Gasteiger charge is -2.26. The highest BCUT2D eigenvalue weighted by Gasteiger charge is 2.25. The first-order valence-corrected chi connectivity index (χ1v) is 5.68. The van der Waals surface area contributed by atoms with Crippen molar-refractivity contribution in [1.82, 2.24) is 10.2 Å². The molecule has 1 N–H and O–H groups in total. The summed E-state index contributed by atoms with van der Waals surface area (Å²) in [6, 6.07) is -0.0502. The largest absolute Gasteiger partial charge is 0.377 e. The van der Waals surface area contributed by atoms with Gasteiger partial charge in [0.15, 0.2) is 0 Å². The summed E-state index contributed by atoms with van der Waals surface area (Å²) in [4.78, 5) is 24.7. The van der Waals surface area contributed by atoms with Crippen molar-refractivity contribution in [3.05, 3.63) is 0 Å². The van der Waals surface area contributed by atoms with Gasteiger partial charge in [-0.1, -0.05) is 0 Å². The maximum absolute atomic E-state index is 11.7. The first kappa shape index (κ1) is 13.0. The molecule has 0 spiro atoms. The van der Waals surface area contributed by atoms with Gasteiger partial charge < -0.3 is 15.0 Å². The maximum atomic E-state index is 11.7. The lowest BCUT2D eigenvalue weighted by atomic mass is 10.2. The second-order valence-electron chi connectivity index (χ2n) is 4.34. The molecule has 1 atom stereocenters. The number of amides is 2. The third-order valence-corrected chi connectivity index (χ3v) is 2.55. The summed E-state index contributed by atoms with van der Waals surface area (Å²) in [5, 5.41) is 2.58. The molecule has 16 heavy (non-hydrogen) atoms. The average Bonchev–Trinajstić information content (AvgIpc) is 2.30. The quantitative estimate of drug-likeness (QED) is 0.745. The molecule has 92 valence electrons. The molecule has 0 aromatic carbocycles. The molecule has 5 heteroatoms. The van der Waals surface area contributed by atoms with Crippen LogP contribution in [0.5, 0.6) is 0 Å². The number of nitrogens with one attached hydrogen (secondary N) is 1. The molecule has 1 aliphatic heterocycles. The molecule has 2 amide bonds. The molecular formula is C11H20N2O3. The molecule has 0 aromatic rings. The molecule has 1 saturated heterocycles. The molecule has 0 bridgehead atoms. The Balaban J connectivity index is 2.48. The highest BCUT2D eigenvalue weighted by Crippen LogP contribution is 2.07. The van der Waals surface area contributed by atoms with E-state index < -0.39 is 0 Å². The van der Waals surface area contributed by atoms with Crippen molar-refractivity contribution < 1.29 is 14.3 Å². The van der Waals surface area contributed by atoms with Crippen LogP contribution >= 0.6 is 0 Å². The van der Waals surface area contributed by atoms with E-state index in [2.05, 4.69) is 5.32 Å². The molecule has 1 unspecified atom stereocenters. The van der Waals surface area contributed by atoms with Gasteiger partial charge in [0.05, 0.1) is 19.3 Å². The van der Waals surface area contributed by atoms with Crippen molar-refractivity contribution in [2.24, 2.45) is 0 Å². The molecule has 5 nitrogen and oxygen atoms in total. The Morgan fingerprint density at radius 2 is 2.19 bits per heavy atom. The van der Waals surface area contributed by atoms with Crippen LogP contribution < -0.4 is 5.32 Å². The standard InChI is InChI=1S/C11H20N2O3/c1-8(2)16-5-4-13-9(3)6-10(14)12-7-11(13)15/h8-9H,4-7H2,1-3H3,(H,12,14). The number of nitrogens with zero attached hydrogens (tertiary/aromatic N) is 1. The van der Waals surface area contributed by atoms with Gasteiger partial charge in [0.1, 0.15) is 0 Å². The van der Waals surface area contributed by atoms with Crippen molar-refractivity contribution in [3.8, 4) is 0 Å². The van der Waals surface area contributed by atoms with Crippen LogP contribution in [0.25, 0.3) is 0 Å². The van der Waals surface area contributed by atoms with E-state index in [-0.39, 0.29) is 30.5 Å². The fourth-order valence-corrected chi connectivity index (χ4v) is 1.70. The molecule has 1 heterocycles. The van der Waals surface area contributed by atoms with Crippen LogP contribution in [0.15, 0.2) is 0 Å². The van der Waals surface area contributed by atoms with E-state index in [0.29, 0.717) is 19.6 Å². The summed E-state index contributed by atoms with van der Waals surface area (Å²) in [5.74, 6) is -0.0983. The van der Waals surface area contributed by atoms with Gasteiger partial charge in [-0.2, -0.15) is 0 Å². The molecular weight excluding hydrogens is 208 g/mol. The molecule has 1 rings (SSSR count). The minimum absolute atomic E-state index is 0.0364. The Morgan fingerprint density at radius 3 is 2.81 bits per heavy atom. The lowest BCUT2D eigenvalue weighted by Crippen LogP contribution is -2.41. The SMILES string of the molecule is CC(C)OCCN1C(=O)CNC(=O)CC1C. The molecule has 0 aliphatic carbocycles. The van der Waals surface area contributed by atoms with Crippen LogP contribution in [0, 0.1) is 0 Å². The van der Waals surface area contributed by atoms with Crippen molar-refractivity contribution in [2.75, 3.05) is 19.7 Å². The van der Waals surface area contributed by atoms with E-state index in [1.165, 1.54) is 0 Å². The first-order valence-electron chi connectivity index (χ1n) is 5.68. The summed E-state index contributed by atoms with van der Waals surface area (Å²) in [7, 11) is 0. The van der Waals surface area contributed by atoms with Gasteiger partial charge in [0, 0.05) is 19.0 Å². The highest BCUT2D eigenvalue weighted by molar-refractivity contribution is 5.87. The van der Waals surface area contributed by atoms with Gasteiger partial charge in [-0.05, 0) is 20.8 Å². The van der Waals surface area contributed by atoms with Gasteiger partial charge in [0.2, 0.25) is 11.8 Å². The number of ether oxygens (including phenoxy) is 1. The van der Waals surface area contributed by atoms with Crippen LogP contribution in [-0.2, 0) is 14.3 Å². The molecule has 1 fully saturated rings. The Morgan fingerprint density at radius 1 is 1.50 bits per heavy atom. The second-order valence-corrected chi connectivity index (χ2v) is 4.34. The normalized spacial score (nSPS) is 22.2. The average molecular weight is 228 g/mol. The first-order chi connectivity index (χ1) is 7.50. The maximum Gasteiger partial charge on any atom is 0.242 e. The van der Waals surface area contributed by atoms with Gasteiger partial charge in [-0.25, -0.2) is 0 Å². The van der Waals surface area contributed by atoms with E-state index in [9.17, 15) is 9.59 Å². The minimum atomic E-state index is -0.0619. The summed E-state index contributed by atoms with van der Waals surface area (Å²) in [6.07, 6.45) is 0.532. The Hall–Kier alpha value is -1.10. The zero-order valence-electron chi connectivity index (χ0n) is 10.2. The fraction of sp³-hybridized carbons (Fsp3) is 0.818. The Bertz CT molecular complexity index is 266. The van der Waals surface area contributed by atoms with Crippen molar-refractivity contribution >= 4 is 11.8 Å². The third kappa shape index (κ3) is 3.81. The number of hydrogen-bond acceptors (Lipinski definition) is 3. The van der Waals surface area contributed by atoms with E-state index in [1.54, 1.807) is 4.90 Å². The van der Waals surface area contributed by atoms with Crippen LogP contribution in [0.1, 0.15) is 27.2 Å². The predicted octanol–water partition coefficient (Wildman–Crippen LogP) is 0.148. The van der Waals surface area contributed by atoms with Gasteiger partial charge in [-0.15, -0.1) is 0 Å². The van der Waals surface area contributed by atoms with Crippen molar-refractivity contribution in [3.63, 3.8) is 0 Å². The topological polar surface area (TPSA) is 58.6 Å². The summed E-state index contributed by atoms with van der Waals surface area (Å²) in [5.41, 5.74) is 0. The van der Waals surface area contributed by atoms with Crippen molar-refractivity contribution in [2.45, 2.75) is 39.3 Å². The van der Waals surface area contributed by atoms with E-state index in [0.717, 1.165) is 0 Å². The van der Waals surface area contributed by atoms with Gasteiger partial charge >= 0.3 is 0 Å². The van der Waals surface area contributed by atoms with Crippen LogP contribution in [0.2, 0.25) is 0 Å². The zero-order valence-corrected chi connectivity index (χ0v) is 10.2. The zero-order chi connectivity index (χ0) is 12.1. The summed E-state index contributed by atoms with van der Waals surface area (Å²) in [6.45, 7) is 6.97. The molecule has 0 radical (unpaired) electrons. The van der Waals surface area contributed by atoms with Crippen LogP contribution in [-0.4, -0.2) is 48.6 Å². The number of carbonyl (C=O) groups is 2. The minimum Gasteiger partial charge on any atom is -0.377 e. The fourth-order valence-electron chi connectivity index (χ4n) is 1.70. The van der Waals surface area contributed by atoms with E-state index in [4.69, 9.17) is 4.74 Å².